The van der Waals surface area contributed by atoms with Crippen molar-refractivity contribution in [2.45, 2.75) is 58.7 Å². The number of aryl methyl sites for hydroxylation is 3. The molecule has 0 heterocycles. The van der Waals surface area contributed by atoms with Gasteiger partial charge in [0.2, 0.25) is 0 Å². The lowest BCUT2D eigenvalue weighted by molar-refractivity contribution is -0.166. The Bertz CT molecular complexity index is 628. The number of aliphatic hydroxyl groups is 2. The number of ether oxygens (including phenoxy) is 1. The highest BCUT2D eigenvalue weighted by Crippen LogP contribution is 2.40. The summed E-state index contributed by atoms with van der Waals surface area (Å²) in [6, 6.07) is 4.03. The monoisotopic (exact) mass is 334 g/mol. The van der Waals surface area contributed by atoms with Crippen molar-refractivity contribution in [2.75, 3.05) is 7.11 Å². The number of benzene rings is 1. The Hall–Kier alpha value is -1.72. The van der Waals surface area contributed by atoms with Crippen LogP contribution in [-0.2, 0) is 20.7 Å². The van der Waals surface area contributed by atoms with Crippen molar-refractivity contribution in [3.63, 3.8) is 0 Å². The first kappa shape index (κ1) is 18.6. The van der Waals surface area contributed by atoms with E-state index in [1.54, 1.807) is 0 Å². The molecule has 1 fully saturated rings. The second kappa shape index (κ2) is 7.03. The third kappa shape index (κ3) is 3.37. The van der Waals surface area contributed by atoms with Gasteiger partial charge in [0.25, 0.3) is 0 Å². The average molecular weight is 334 g/mol. The quantitative estimate of drug-likeness (QED) is 0.648. The van der Waals surface area contributed by atoms with Gasteiger partial charge in [0.1, 0.15) is 5.41 Å². The van der Waals surface area contributed by atoms with Crippen molar-refractivity contribution >= 4 is 11.8 Å². The molecule has 0 aromatic heterocycles. The van der Waals surface area contributed by atoms with E-state index in [1.807, 2.05) is 32.9 Å². The lowest BCUT2D eigenvalue weighted by atomic mass is 9.67. The van der Waals surface area contributed by atoms with Crippen molar-refractivity contribution in [3.8, 4) is 0 Å². The van der Waals surface area contributed by atoms with Crippen molar-refractivity contribution in [3.05, 3.63) is 34.4 Å². The van der Waals surface area contributed by atoms with Gasteiger partial charge in [0, 0.05) is 6.42 Å². The predicted octanol–water partition coefficient (Wildman–Crippen LogP) is 1.79. The zero-order chi connectivity index (χ0) is 18.1. The molecule has 5 nitrogen and oxygen atoms in total. The third-order valence-electron chi connectivity index (χ3n) is 5.16. The summed E-state index contributed by atoms with van der Waals surface area (Å²) in [7, 11) is 1.25. The van der Waals surface area contributed by atoms with Crippen LogP contribution in [0.5, 0.6) is 0 Å². The van der Waals surface area contributed by atoms with Gasteiger partial charge in [-0.2, -0.15) is 0 Å². The molecule has 2 rings (SSSR count). The Morgan fingerprint density at radius 2 is 1.75 bits per heavy atom. The molecule has 1 aromatic rings. The van der Waals surface area contributed by atoms with Crippen LogP contribution in [0, 0.1) is 26.2 Å². The zero-order valence-electron chi connectivity index (χ0n) is 14.8. The first-order valence-corrected chi connectivity index (χ1v) is 8.26. The number of hydrogen-bond donors (Lipinski definition) is 2. The summed E-state index contributed by atoms with van der Waals surface area (Å²) in [6.45, 7) is 5.90. The number of rotatable bonds is 4. The van der Waals surface area contributed by atoms with E-state index < -0.39 is 23.6 Å². The lowest BCUT2D eigenvalue weighted by Gasteiger charge is -2.38. The molecule has 0 amide bonds. The molecule has 0 spiro atoms. The van der Waals surface area contributed by atoms with E-state index in [0.29, 0.717) is 0 Å². The highest BCUT2D eigenvalue weighted by molar-refractivity contribution is 6.05. The Labute approximate surface area is 142 Å². The summed E-state index contributed by atoms with van der Waals surface area (Å²) in [5.41, 5.74) is 2.68. The number of hydrogen-bond acceptors (Lipinski definition) is 5. The van der Waals surface area contributed by atoms with Crippen LogP contribution in [0.15, 0.2) is 12.1 Å². The molecular formula is C19H26O5. The smallest absolute Gasteiger partial charge is 0.319 e. The van der Waals surface area contributed by atoms with Crippen LogP contribution < -0.4 is 0 Å². The molecule has 0 bridgehead atoms. The average Bonchev–Trinajstić information content (AvgIpc) is 2.52. The number of carbonyl (C=O) groups excluding carboxylic acids is 2. The molecule has 1 saturated carbocycles. The van der Waals surface area contributed by atoms with Crippen LogP contribution in [0.3, 0.4) is 0 Å². The van der Waals surface area contributed by atoms with Crippen molar-refractivity contribution < 1.29 is 24.5 Å². The van der Waals surface area contributed by atoms with Gasteiger partial charge in [-0.05, 0) is 56.7 Å². The van der Waals surface area contributed by atoms with Gasteiger partial charge in [0.15, 0.2) is 5.78 Å². The van der Waals surface area contributed by atoms with E-state index in [2.05, 4.69) is 0 Å². The van der Waals surface area contributed by atoms with Gasteiger partial charge >= 0.3 is 5.97 Å². The van der Waals surface area contributed by atoms with Crippen molar-refractivity contribution in [1.82, 2.24) is 0 Å². The van der Waals surface area contributed by atoms with Crippen LogP contribution in [0.25, 0.3) is 0 Å². The number of carbonyl (C=O) groups is 2. The number of methoxy groups -OCH3 is 1. The first-order valence-electron chi connectivity index (χ1n) is 8.26. The fourth-order valence-corrected chi connectivity index (χ4v) is 3.75. The molecule has 2 N–H and O–H groups in total. The number of aliphatic hydroxyl groups excluding tert-OH is 2. The Morgan fingerprint density at radius 1 is 1.17 bits per heavy atom. The number of esters is 1. The van der Waals surface area contributed by atoms with E-state index in [9.17, 15) is 19.8 Å². The molecule has 24 heavy (non-hydrogen) atoms. The summed E-state index contributed by atoms with van der Waals surface area (Å²) >= 11 is 0. The fraction of sp³-hybridized carbons (Fsp3) is 0.579. The molecule has 1 aliphatic carbocycles. The summed E-state index contributed by atoms with van der Waals surface area (Å²) in [5.74, 6) is -0.878. The minimum absolute atomic E-state index is 0.0936. The lowest BCUT2D eigenvalue weighted by Crippen LogP contribution is -2.50. The number of ketones is 1. The van der Waals surface area contributed by atoms with E-state index in [0.717, 1.165) is 22.3 Å². The molecule has 5 heteroatoms. The maximum Gasteiger partial charge on any atom is 0.319 e. The van der Waals surface area contributed by atoms with Crippen LogP contribution in [0.4, 0.5) is 0 Å². The summed E-state index contributed by atoms with van der Waals surface area (Å²) in [5, 5.41) is 19.7. The molecule has 3 atom stereocenters. The van der Waals surface area contributed by atoms with Gasteiger partial charge in [-0.25, -0.2) is 0 Å². The summed E-state index contributed by atoms with van der Waals surface area (Å²) in [4.78, 5) is 25.4. The van der Waals surface area contributed by atoms with E-state index in [1.165, 1.54) is 7.11 Å². The van der Waals surface area contributed by atoms with E-state index >= 15 is 0 Å². The normalized spacial score (nSPS) is 26.9. The summed E-state index contributed by atoms with van der Waals surface area (Å²) < 4.78 is 4.86. The van der Waals surface area contributed by atoms with Gasteiger partial charge in [-0.3, -0.25) is 9.59 Å². The highest BCUT2D eigenvalue weighted by Gasteiger charge is 2.51. The van der Waals surface area contributed by atoms with Gasteiger partial charge in [0.05, 0.1) is 19.3 Å². The molecule has 0 radical (unpaired) electrons. The van der Waals surface area contributed by atoms with Gasteiger partial charge < -0.3 is 14.9 Å². The SMILES string of the molecule is COC(=O)C1(C(=O)Cc2c(C)cc(C)cc2C)CCC(O)C(O)C1. The minimum atomic E-state index is -1.38. The Balaban J connectivity index is 2.35. The topological polar surface area (TPSA) is 83.8 Å². The maximum atomic E-state index is 13.0. The third-order valence-corrected chi connectivity index (χ3v) is 5.16. The standard InChI is InChI=1S/C19H26O5/c1-11-7-12(2)14(13(3)8-11)9-17(22)19(18(23)24-4)6-5-15(20)16(21)10-19/h7-8,15-16,20-21H,5-6,9-10H2,1-4H3. The Kier molecular flexibility index (Phi) is 5.45. The predicted molar refractivity (Wildman–Crippen MR) is 89.7 cm³/mol. The maximum absolute atomic E-state index is 13.0. The molecule has 0 saturated heterocycles. The molecule has 132 valence electrons. The molecule has 3 unspecified atom stereocenters. The number of Topliss-reactive ketones (excluding diaryl/α,β-unsaturated/α-hetero) is 1. The van der Waals surface area contributed by atoms with E-state index in [-0.39, 0.29) is 31.5 Å². The summed E-state index contributed by atoms with van der Waals surface area (Å²) in [6.07, 6.45) is -1.57. The second-order valence-electron chi connectivity index (χ2n) is 6.93. The van der Waals surface area contributed by atoms with Crippen LogP contribution in [-0.4, -0.2) is 41.3 Å². The Morgan fingerprint density at radius 3 is 2.25 bits per heavy atom. The largest absolute Gasteiger partial charge is 0.468 e. The first-order chi connectivity index (χ1) is 11.2. The van der Waals surface area contributed by atoms with Gasteiger partial charge in [-0.15, -0.1) is 0 Å². The highest BCUT2D eigenvalue weighted by atomic mass is 16.5. The fourth-order valence-electron chi connectivity index (χ4n) is 3.75. The zero-order valence-corrected chi connectivity index (χ0v) is 14.8. The van der Waals surface area contributed by atoms with Crippen LogP contribution in [0.1, 0.15) is 41.5 Å². The molecule has 1 aromatic carbocycles. The molecule has 0 aliphatic heterocycles. The molecular weight excluding hydrogens is 308 g/mol. The van der Waals surface area contributed by atoms with Gasteiger partial charge in [-0.1, -0.05) is 17.7 Å². The van der Waals surface area contributed by atoms with Crippen LogP contribution >= 0.6 is 0 Å². The van der Waals surface area contributed by atoms with Crippen molar-refractivity contribution in [2.24, 2.45) is 5.41 Å². The van der Waals surface area contributed by atoms with E-state index in [4.69, 9.17) is 4.74 Å². The van der Waals surface area contributed by atoms with Crippen molar-refractivity contribution in [1.29, 1.82) is 0 Å². The molecule has 1 aliphatic rings. The second-order valence-corrected chi connectivity index (χ2v) is 6.93. The van der Waals surface area contributed by atoms with Crippen LogP contribution in [0.2, 0.25) is 0 Å². The minimum Gasteiger partial charge on any atom is -0.468 e.